The Morgan fingerprint density at radius 1 is 0.683 bits per heavy atom. The highest BCUT2D eigenvalue weighted by molar-refractivity contribution is 5.55. The summed E-state index contributed by atoms with van der Waals surface area (Å²) in [4.78, 5) is 0. The standard InChI is InChI=1S/C37H53NO3/c1-9-11-22-40-32-20-18-28(35(3,4)5)25-30(32)37(39,34(38)24-27-16-14-13-15-17-27)31-26-29(36(6,7)8)19-21-33(31)41-23-12-10-2/h13-21,25-26,34,39H,9-12,22-24,38H2,1-8H3/t34-/m0/s1. The summed E-state index contributed by atoms with van der Waals surface area (Å²) < 4.78 is 12.8. The molecule has 0 aliphatic heterocycles. The molecule has 0 aliphatic rings. The third-order valence-corrected chi connectivity index (χ3v) is 7.86. The lowest BCUT2D eigenvalue weighted by Gasteiger charge is -2.39. The highest BCUT2D eigenvalue weighted by atomic mass is 16.5. The van der Waals surface area contributed by atoms with Crippen molar-refractivity contribution in [3.05, 3.63) is 94.5 Å². The molecule has 41 heavy (non-hydrogen) atoms. The summed E-state index contributed by atoms with van der Waals surface area (Å²) in [5.74, 6) is 1.33. The van der Waals surface area contributed by atoms with Gasteiger partial charge in [-0.1, -0.05) is 111 Å². The Bertz CT molecular complexity index is 1170. The molecule has 0 spiro atoms. The summed E-state index contributed by atoms with van der Waals surface area (Å²) in [6.45, 7) is 18.6. The Hall–Kier alpha value is -2.82. The van der Waals surface area contributed by atoms with Gasteiger partial charge in [0.05, 0.1) is 13.2 Å². The quantitative estimate of drug-likeness (QED) is 0.206. The summed E-state index contributed by atoms with van der Waals surface area (Å²) in [7, 11) is 0. The number of nitrogens with two attached hydrogens (primary N) is 1. The number of ether oxygens (including phenoxy) is 2. The van der Waals surface area contributed by atoms with Crippen LogP contribution in [0.3, 0.4) is 0 Å². The lowest BCUT2D eigenvalue weighted by Crippen LogP contribution is -2.48. The van der Waals surface area contributed by atoms with Crippen molar-refractivity contribution in [3.8, 4) is 11.5 Å². The second-order valence-corrected chi connectivity index (χ2v) is 13.4. The first kappa shape index (κ1) is 32.7. The molecule has 3 N–H and O–H groups in total. The fourth-order valence-electron chi connectivity index (χ4n) is 5.05. The Balaban J connectivity index is 2.35. The van der Waals surface area contributed by atoms with Crippen molar-refractivity contribution in [2.24, 2.45) is 5.73 Å². The van der Waals surface area contributed by atoms with Gasteiger partial charge in [-0.2, -0.15) is 0 Å². The first-order valence-corrected chi connectivity index (χ1v) is 15.4. The van der Waals surface area contributed by atoms with E-state index in [2.05, 4.69) is 91.8 Å². The highest BCUT2D eigenvalue weighted by Crippen LogP contribution is 2.45. The monoisotopic (exact) mass is 559 g/mol. The lowest BCUT2D eigenvalue weighted by atomic mass is 9.73. The van der Waals surface area contributed by atoms with Crippen LogP contribution >= 0.6 is 0 Å². The zero-order valence-electron chi connectivity index (χ0n) is 26.7. The molecule has 3 aromatic rings. The Morgan fingerprint density at radius 3 is 1.51 bits per heavy atom. The van der Waals surface area contributed by atoms with Crippen molar-refractivity contribution in [2.75, 3.05) is 13.2 Å². The fourth-order valence-corrected chi connectivity index (χ4v) is 5.05. The minimum absolute atomic E-state index is 0.130. The molecule has 224 valence electrons. The van der Waals surface area contributed by atoms with E-state index in [1.165, 1.54) is 0 Å². The molecule has 0 radical (unpaired) electrons. The van der Waals surface area contributed by atoms with Crippen LogP contribution in [0.4, 0.5) is 0 Å². The number of rotatable bonds is 13. The number of benzene rings is 3. The highest BCUT2D eigenvalue weighted by Gasteiger charge is 2.44. The number of unbranched alkanes of at least 4 members (excludes halogenated alkanes) is 2. The summed E-state index contributed by atoms with van der Waals surface area (Å²) >= 11 is 0. The third-order valence-electron chi connectivity index (χ3n) is 7.86. The van der Waals surface area contributed by atoms with E-state index in [0.29, 0.717) is 42.3 Å². The molecule has 0 saturated heterocycles. The summed E-state index contributed by atoms with van der Waals surface area (Å²) in [6.07, 6.45) is 4.39. The predicted molar refractivity (Wildman–Crippen MR) is 172 cm³/mol. The summed E-state index contributed by atoms with van der Waals surface area (Å²) in [5.41, 5.74) is 9.99. The molecule has 0 aliphatic carbocycles. The van der Waals surface area contributed by atoms with E-state index in [1.54, 1.807) is 0 Å². The SMILES string of the molecule is CCCCOc1ccc(C(C)(C)C)cc1C(O)(c1cc(C(C)(C)C)ccc1OCCCC)[C@@H](N)Cc1ccccc1. The van der Waals surface area contributed by atoms with Crippen LogP contribution in [0.5, 0.6) is 11.5 Å². The molecular formula is C37H53NO3. The molecular weight excluding hydrogens is 506 g/mol. The van der Waals surface area contributed by atoms with Gasteiger partial charge in [-0.05, 0) is 71.0 Å². The van der Waals surface area contributed by atoms with Gasteiger partial charge >= 0.3 is 0 Å². The smallest absolute Gasteiger partial charge is 0.137 e. The van der Waals surface area contributed by atoms with Gasteiger partial charge in [0.1, 0.15) is 17.1 Å². The second-order valence-electron chi connectivity index (χ2n) is 13.4. The van der Waals surface area contributed by atoms with Gasteiger partial charge in [-0.3, -0.25) is 0 Å². The average Bonchev–Trinajstić information content (AvgIpc) is 2.92. The zero-order valence-corrected chi connectivity index (χ0v) is 26.7. The van der Waals surface area contributed by atoms with E-state index < -0.39 is 11.6 Å². The van der Waals surface area contributed by atoms with Crippen molar-refractivity contribution in [1.82, 2.24) is 0 Å². The van der Waals surface area contributed by atoms with Gasteiger partial charge < -0.3 is 20.3 Å². The maximum atomic E-state index is 13.3. The van der Waals surface area contributed by atoms with Crippen LogP contribution in [0.15, 0.2) is 66.7 Å². The van der Waals surface area contributed by atoms with Gasteiger partial charge in [-0.15, -0.1) is 0 Å². The van der Waals surface area contributed by atoms with Crippen molar-refractivity contribution in [1.29, 1.82) is 0 Å². The number of hydrogen-bond donors (Lipinski definition) is 2. The molecule has 0 bridgehead atoms. The zero-order chi connectivity index (χ0) is 30.3. The molecule has 0 saturated carbocycles. The third kappa shape index (κ3) is 8.14. The van der Waals surface area contributed by atoms with Crippen molar-refractivity contribution >= 4 is 0 Å². The van der Waals surface area contributed by atoms with Crippen molar-refractivity contribution in [2.45, 2.75) is 110 Å². The minimum atomic E-state index is -1.58. The van der Waals surface area contributed by atoms with Crippen LogP contribution in [-0.2, 0) is 22.9 Å². The number of aliphatic hydroxyl groups is 1. The van der Waals surface area contributed by atoms with E-state index in [-0.39, 0.29) is 10.8 Å². The van der Waals surface area contributed by atoms with Gasteiger partial charge in [0, 0.05) is 17.2 Å². The molecule has 0 aromatic heterocycles. The van der Waals surface area contributed by atoms with Gasteiger partial charge in [-0.25, -0.2) is 0 Å². The Kier molecular flexibility index (Phi) is 11.1. The van der Waals surface area contributed by atoms with Crippen molar-refractivity contribution < 1.29 is 14.6 Å². The first-order chi connectivity index (χ1) is 19.3. The van der Waals surface area contributed by atoms with Crippen LogP contribution in [0.1, 0.15) is 109 Å². The van der Waals surface area contributed by atoms with Crippen LogP contribution < -0.4 is 15.2 Å². The normalized spacial score (nSPS) is 13.2. The van der Waals surface area contributed by atoms with E-state index in [1.807, 2.05) is 30.3 Å². The van der Waals surface area contributed by atoms with Crippen molar-refractivity contribution in [3.63, 3.8) is 0 Å². The molecule has 3 aromatic carbocycles. The number of hydrogen-bond acceptors (Lipinski definition) is 4. The average molecular weight is 560 g/mol. The summed E-state index contributed by atoms with van der Waals surface area (Å²) in [5, 5.41) is 13.3. The molecule has 4 nitrogen and oxygen atoms in total. The maximum Gasteiger partial charge on any atom is 0.137 e. The lowest BCUT2D eigenvalue weighted by molar-refractivity contribution is 0.0450. The molecule has 0 heterocycles. The molecule has 0 fully saturated rings. The van der Waals surface area contributed by atoms with Crippen LogP contribution in [0, 0.1) is 0 Å². The predicted octanol–water partition coefficient (Wildman–Crippen LogP) is 8.45. The van der Waals surface area contributed by atoms with Gasteiger partial charge in [0.15, 0.2) is 0 Å². The first-order valence-electron chi connectivity index (χ1n) is 15.4. The van der Waals surface area contributed by atoms with E-state index in [0.717, 1.165) is 42.4 Å². The Labute approximate surface area is 249 Å². The topological polar surface area (TPSA) is 64.7 Å². The molecule has 4 heteroatoms. The maximum absolute atomic E-state index is 13.3. The van der Waals surface area contributed by atoms with Gasteiger partial charge in [0.25, 0.3) is 0 Å². The van der Waals surface area contributed by atoms with Crippen LogP contribution in [-0.4, -0.2) is 24.4 Å². The van der Waals surface area contributed by atoms with Crippen LogP contribution in [0.2, 0.25) is 0 Å². The summed E-state index contributed by atoms with van der Waals surface area (Å²) in [6, 6.07) is 21.9. The van der Waals surface area contributed by atoms with Crippen LogP contribution in [0.25, 0.3) is 0 Å². The minimum Gasteiger partial charge on any atom is -0.493 e. The molecule has 0 unspecified atom stereocenters. The van der Waals surface area contributed by atoms with E-state index >= 15 is 0 Å². The molecule has 3 rings (SSSR count). The van der Waals surface area contributed by atoms with E-state index in [9.17, 15) is 5.11 Å². The van der Waals surface area contributed by atoms with Gasteiger partial charge in [0.2, 0.25) is 0 Å². The molecule has 0 amide bonds. The molecule has 1 atom stereocenters. The fraction of sp³-hybridized carbons (Fsp3) is 0.514. The Morgan fingerprint density at radius 2 is 1.12 bits per heavy atom. The van der Waals surface area contributed by atoms with E-state index in [4.69, 9.17) is 15.2 Å². The second kappa shape index (κ2) is 13.9. The largest absolute Gasteiger partial charge is 0.493 e.